The van der Waals surface area contributed by atoms with Crippen LogP contribution in [0.1, 0.15) is 22.8 Å². The summed E-state index contributed by atoms with van der Waals surface area (Å²) in [5.41, 5.74) is -1.51. The van der Waals surface area contributed by atoms with E-state index in [0.29, 0.717) is 12.1 Å². The third kappa shape index (κ3) is 3.35. The van der Waals surface area contributed by atoms with Gasteiger partial charge < -0.3 is 10.2 Å². The van der Waals surface area contributed by atoms with Crippen LogP contribution in [0.25, 0.3) is 0 Å². The molecule has 0 heterocycles. The standard InChI is InChI=1S/C11H9ClF3NO2/c12-4-9(17)10(18)7-1-6(5-16)2-8(3-7)11(13,14)15/h1-3,9-10,17-18H,4H2. The Hall–Kier alpha value is -1.29. The van der Waals surface area contributed by atoms with E-state index in [1.54, 1.807) is 6.07 Å². The molecular weight excluding hydrogens is 271 g/mol. The molecule has 0 saturated heterocycles. The number of rotatable bonds is 3. The number of alkyl halides is 4. The molecule has 3 nitrogen and oxygen atoms in total. The van der Waals surface area contributed by atoms with Crippen molar-refractivity contribution < 1.29 is 23.4 Å². The predicted molar refractivity (Wildman–Crippen MR) is 57.8 cm³/mol. The van der Waals surface area contributed by atoms with Crippen LogP contribution in [0.3, 0.4) is 0 Å². The van der Waals surface area contributed by atoms with E-state index in [0.717, 1.165) is 6.07 Å². The maximum Gasteiger partial charge on any atom is 0.416 e. The fourth-order valence-corrected chi connectivity index (χ4v) is 1.53. The number of nitriles is 1. The molecule has 18 heavy (non-hydrogen) atoms. The Morgan fingerprint density at radius 3 is 2.33 bits per heavy atom. The summed E-state index contributed by atoms with van der Waals surface area (Å²) in [5.74, 6) is -0.334. The highest BCUT2D eigenvalue weighted by Crippen LogP contribution is 2.32. The summed E-state index contributed by atoms with van der Waals surface area (Å²) in [6.07, 6.45) is -7.61. The number of benzene rings is 1. The zero-order chi connectivity index (χ0) is 13.9. The van der Waals surface area contributed by atoms with Crippen LogP contribution in [-0.4, -0.2) is 22.2 Å². The van der Waals surface area contributed by atoms with Crippen molar-refractivity contribution in [2.75, 3.05) is 5.88 Å². The molecule has 98 valence electrons. The van der Waals surface area contributed by atoms with Gasteiger partial charge in [0.2, 0.25) is 0 Å². The molecule has 2 N–H and O–H groups in total. The van der Waals surface area contributed by atoms with Crippen LogP contribution < -0.4 is 0 Å². The summed E-state index contributed by atoms with van der Waals surface area (Å²) >= 11 is 5.30. The molecule has 0 aliphatic carbocycles. The van der Waals surface area contributed by atoms with Crippen molar-refractivity contribution in [2.24, 2.45) is 0 Å². The van der Waals surface area contributed by atoms with Crippen LogP contribution >= 0.6 is 11.6 Å². The van der Waals surface area contributed by atoms with E-state index < -0.39 is 23.9 Å². The van der Waals surface area contributed by atoms with Gasteiger partial charge in [-0.1, -0.05) is 0 Å². The summed E-state index contributed by atoms with van der Waals surface area (Å²) in [4.78, 5) is 0. The van der Waals surface area contributed by atoms with Crippen LogP contribution in [0.2, 0.25) is 0 Å². The van der Waals surface area contributed by atoms with E-state index in [4.69, 9.17) is 16.9 Å². The lowest BCUT2D eigenvalue weighted by Crippen LogP contribution is -2.20. The van der Waals surface area contributed by atoms with Crippen molar-refractivity contribution in [3.05, 3.63) is 34.9 Å². The third-order valence-electron chi connectivity index (χ3n) is 2.28. The lowest BCUT2D eigenvalue weighted by molar-refractivity contribution is -0.137. The Kier molecular flexibility index (Phi) is 4.57. The molecule has 0 aliphatic rings. The van der Waals surface area contributed by atoms with E-state index in [1.165, 1.54) is 0 Å². The van der Waals surface area contributed by atoms with E-state index in [-0.39, 0.29) is 17.0 Å². The summed E-state index contributed by atoms with van der Waals surface area (Å²) in [5, 5.41) is 27.5. The molecule has 2 unspecified atom stereocenters. The van der Waals surface area contributed by atoms with Crippen molar-refractivity contribution in [1.82, 2.24) is 0 Å². The molecule has 1 rings (SSSR count). The summed E-state index contributed by atoms with van der Waals surface area (Å²) < 4.78 is 37.7. The number of aliphatic hydroxyl groups is 2. The normalized spacial score (nSPS) is 14.9. The predicted octanol–water partition coefficient (Wildman–Crippen LogP) is 2.21. The summed E-state index contributed by atoms with van der Waals surface area (Å²) in [6, 6.07) is 4.00. The molecule has 1 aromatic rings. The van der Waals surface area contributed by atoms with Crippen LogP contribution in [0.5, 0.6) is 0 Å². The first-order valence-corrected chi connectivity index (χ1v) is 5.37. The first-order valence-electron chi connectivity index (χ1n) is 4.84. The lowest BCUT2D eigenvalue weighted by atomic mass is 9.99. The molecule has 0 amide bonds. The fraction of sp³-hybridized carbons (Fsp3) is 0.364. The number of hydrogen-bond donors (Lipinski definition) is 2. The minimum atomic E-state index is -4.63. The zero-order valence-electron chi connectivity index (χ0n) is 8.95. The number of hydrogen-bond acceptors (Lipinski definition) is 3. The number of aliphatic hydroxyl groups excluding tert-OH is 2. The summed E-state index contributed by atoms with van der Waals surface area (Å²) in [7, 11) is 0. The Labute approximate surface area is 106 Å². The minimum absolute atomic E-state index is 0.200. The maximum atomic E-state index is 12.6. The van der Waals surface area contributed by atoms with E-state index in [9.17, 15) is 23.4 Å². The first-order chi connectivity index (χ1) is 8.29. The van der Waals surface area contributed by atoms with E-state index >= 15 is 0 Å². The zero-order valence-corrected chi connectivity index (χ0v) is 9.70. The average Bonchev–Trinajstić information content (AvgIpc) is 2.35. The molecule has 0 saturated carbocycles. The first kappa shape index (κ1) is 14.8. The quantitative estimate of drug-likeness (QED) is 0.834. The molecule has 0 aliphatic heterocycles. The van der Waals surface area contributed by atoms with Gasteiger partial charge in [-0.2, -0.15) is 18.4 Å². The maximum absolute atomic E-state index is 12.6. The van der Waals surface area contributed by atoms with Gasteiger partial charge in [0.15, 0.2) is 0 Å². The molecule has 2 atom stereocenters. The largest absolute Gasteiger partial charge is 0.416 e. The molecule has 0 spiro atoms. The molecule has 0 aromatic heterocycles. The smallest absolute Gasteiger partial charge is 0.389 e. The van der Waals surface area contributed by atoms with E-state index in [1.807, 2.05) is 0 Å². The number of halogens is 4. The highest BCUT2D eigenvalue weighted by atomic mass is 35.5. The monoisotopic (exact) mass is 279 g/mol. The van der Waals surface area contributed by atoms with Gasteiger partial charge in [-0.05, 0) is 23.8 Å². The van der Waals surface area contributed by atoms with Crippen LogP contribution in [0.15, 0.2) is 18.2 Å². The highest BCUT2D eigenvalue weighted by molar-refractivity contribution is 6.18. The van der Waals surface area contributed by atoms with Gasteiger partial charge in [0, 0.05) is 0 Å². The van der Waals surface area contributed by atoms with Gasteiger partial charge in [0.05, 0.1) is 29.2 Å². The van der Waals surface area contributed by atoms with Gasteiger partial charge in [-0.25, -0.2) is 0 Å². The van der Waals surface area contributed by atoms with Gasteiger partial charge in [0.1, 0.15) is 6.10 Å². The van der Waals surface area contributed by atoms with Crippen molar-refractivity contribution >= 4 is 11.6 Å². The van der Waals surface area contributed by atoms with Crippen LogP contribution in [-0.2, 0) is 6.18 Å². The van der Waals surface area contributed by atoms with Crippen molar-refractivity contribution in [3.8, 4) is 6.07 Å². The van der Waals surface area contributed by atoms with Gasteiger partial charge in [-0.15, -0.1) is 11.6 Å². The lowest BCUT2D eigenvalue weighted by Gasteiger charge is -2.17. The Morgan fingerprint density at radius 1 is 1.28 bits per heavy atom. The second-order valence-electron chi connectivity index (χ2n) is 3.62. The molecular formula is C11H9ClF3NO2. The van der Waals surface area contributed by atoms with Crippen molar-refractivity contribution in [2.45, 2.75) is 18.4 Å². The average molecular weight is 280 g/mol. The Balaban J connectivity index is 3.25. The van der Waals surface area contributed by atoms with Crippen LogP contribution in [0.4, 0.5) is 13.2 Å². The Morgan fingerprint density at radius 2 is 1.89 bits per heavy atom. The fourth-order valence-electron chi connectivity index (χ4n) is 1.36. The van der Waals surface area contributed by atoms with Gasteiger partial charge in [0.25, 0.3) is 0 Å². The van der Waals surface area contributed by atoms with E-state index in [2.05, 4.69) is 0 Å². The molecule has 1 aromatic carbocycles. The van der Waals surface area contributed by atoms with Gasteiger partial charge >= 0.3 is 6.18 Å². The molecule has 7 heteroatoms. The van der Waals surface area contributed by atoms with Gasteiger partial charge in [-0.3, -0.25) is 0 Å². The van der Waals surface area contributed by atoms with Crippen LogP contribution in [0, 0.1) is 11.3 Å². The topological polar surface area (TPSA) is 64.2 Å². The second kappa shape index (κ2) is 5.57. The van der Waals surface area contributed by atoms with Crippen molar-refractivity contribution in [3.63, 3.8) is 0 Å². The SMILES string of the molecule is N#Cc1cc(C(O)C(O)CCl)cc(C(F)(F)F)c1. The summed E-state index contributed by atoms with van der Waals surface area (Å²) in [6.45, 7) is 0. The molecule has 0 bridgehead atoms. The number of nitrogens with zero attached hydrogens (tertiary/aromatic N) is 1. The highest BCUT2D eigenvalue weighted by Gasteiger charge is 2.32. The molecule has 0 radical (unpaired) electrons. The minimum Gasteiger partial charge on any atom is -0.389 e. The molecule has 0 fully saturated rings. The third-order valence-corrected chi connectivity index (χ3v) is 2.59. The Bertz CT molecular complexity index is 470. The van der Waals surface area contributed by atoms with Crippen molar-refractivity contribution in [1.29, 1.82) is 5.26 Å². The second-order valence-corrected chi connectivity index (χ2v) is 3.93.